The first-order chi connectivity index (χ1) is 9.43. The van der Waals surface area contributed by atoms with E-state index in [4.69, 9.17) is 0 Å². The molecule has 0 saturated carbocycles. The number of rotatable bonds is 5. The minimum atomic E-state index is -0.832. The van der Waals surface area contributed by atoms with Gasteiger partial charge in [-0.05, 0) is 37.8 Å². The average Bonchev–Trinajstić information content (AvgIpc) is 2.43. The number of carbonyl (C=O) groups excluding carboxylic acids is 2. The number of hydrogen-bond acceptors (Lipinski definition) is 4. The van der Waals surface area contributed by atoms with Crippen LogP contribution >= 0.6 is 11.8 Å². The van der Waals surface area contributed by atoms with E-state index in [2.05, 4.69) is 10.6 Å². The standard InChI is InChI=1S/C14H20N2O3S/c1-9(2)16-14(19)13(18)15-8-12(17)10-4-6-11(20-3)7-5-10/h4-7,9,12,17H,8H2,1-3H3,(H,15,18)(H,16,19). The molecule has 0 spiro atoms. The lowest BCUT2D eigenvalue weighted by molar-refractivity contribution is -0.139. The van der Waals surface area contributed by atoms with Crippen molar-refractivity contribution in [2.24, 2.45) is 0 Å². The molecule has 20 heavy (non-hydrogen) atoms. The van der Waals surface area contributed by atoms with Gasteiger partial charge in [0.2, 0.25) is 0 Å². The molecule has 0 aromatic heterocycles. The first-order valence-electron chi connectivity index (χ1n) is 6.34. The molecule has 0 aliphatic rings. The second-order valence-electron chi connectivity index (χ2n) is 4.63. The van der Waals surface area contributed by atoms with Gasteiger partial charge >= 0.3 is 11.8 Å². The molecule has 5 nitrogen and oxygen atoms in total. The fourth-order valence-corrected chi connectivity index (χ4v) is 1.95. The summed E-state index contributed by atoms with van der Waals surface area (Å²) in [6, 6.07) is 7.30. The summed E-state index contributed by atoms with van der Waals surface area (Å²) in [6.45, 7) is 3.55. The molecule has 0 aliphatic carbocycles. The summed E-state index contributed by atoms with van der Waals surface area (Å²) in [6.07, 6.45) is 1.14. The largest absolute Gasteiger partial charge is 0.387 e. The number of aliphatic hydroxyl groups is 1. The minimum absolute atomic E-state index is 0.00294. The Balaban J connectivity index is 2.47. The number of hydrogen-bond donors (Lipinski definition) is 3. The minimum Gasteiger partial charge on any atom is -0.387 e. The maximum absolute atomic E-state index is 11.5. The highest BCUT2D eigenvalue weighted by Crippen LogP contribution is 2.18. The highest BCUT2D eigenvalue weighted by Gasteiger charge is 2.16. The molecule has 6 heteroatoms. The predicted octanol–water partition coefficient (Wildman–Crippen LogP) is 1.08. The van der Waals surface area contributed by atoms with E-state index in [-0.39, 0.29) is 12.6 Å². The Morgan fingerprint density at radius 3 is 2.30 bits per heavy atom. The molecule has 1 rings (SSSR count). The summed E-state index contributed by atoms with van der Waals surface area (Å²) in [4.78, 5) is 24.0. The second kappa shape index (κ2) is 7.91. The lowest BCUT2D eigenvalue weighted by Crippen LogP contribution is -2.43. The maximum Gasteiger partial charge on any atom is 0.309 e. The van der Waals surface area contributed by atoms with Crippen LogP contribution in [0.3, 0.4) is 0 Å². The van der Waals surface area contributed by atoms with Gasteiger partial charge in [-0.2, -0.15) is 0 Å². The van der Waals surface area contributed by atoms with E-state index in [1.807, 2.05) is 18.4 Å². The van der Waals surface area contributed by atoms with Crippen LogP contribution in [0.2, 0.25) is 0 Å². The Morgan fingerprint density at radius 2 is 1.80 bits per heavy atom. The van der Waals surface area contributed by atoms with Gasteiger partial charge in [-0.15, -0.1) is 11.8 Å². The Hall–Kier alpha value is -1.53. The van der Waals surface area contributed by atoms with Crippen LogP contribution in [0.1, 0.15) is 25.5 Å². The predicted molar refractivity (Wildman–Crippen MR) is 79.5 cm³/mol. The Morgan fingerprint density at radius 1 is 1.20 bits per heavy atom. The van der Waals surface area contributed by atoms with Crippen molar-refractivity contribution in [3.8, 4) is 0 Å². The van der Waals surface area contributed by atoms with Crippen molar-refractivity contribution in [2.45, 2.75) is 30.9 Å². The van der Waals surface area contributed by atoms with E-state index >= 15 is 0 Å². The van der Waals surface area contributed by atoms with Gasteiger partial charge in [-0.25, -0.2) is 0 Å². The van der Waals surface area contributed by atoms with E-state index in [0.29, 0.717) is 5.56 Å². The fraction of sp³-hybridized carbons (Fsp3) is 0.429. The van der Waals surface area contributed by atoms with E-state index < -0.39 is 17.9 Å². The summed E-state index contributed by atoms with van der Waals surface area (Å²) in [7, 11) is 0. The lowest BCUT2D eigenvalue weighted by Gasteiger charge is -2.13. The number of amides is 2. The zero-order valence-corrected chi connectivity index (χ0v) is 12.7. The third-order valence-electron chi connectivity index (χ3n) is 2.58. The van der Waals surface area contributed by atoms with Gasteiger partial charge in [-0.3, -0.25) is 9.59 Å². The second-order valence-corrected chi connectivity index (χ2v) is 5.51. The van der Waals surface area contributed by atoms with Crippen LogP contribution in [0.25, 0.3) is 0 Å². The van der Waals surface area contributed by atoms with E-state index in [0.717, 1.165) is 4.90 Å². The van der Waals surface area contributed by atoms with Gasteiger partial charge in [0.1, 0.15) is 0 Å². The molecular weight excluding hydrogens is 276 g/mol. The summed E-state index contributed by atoms with van der Waals surface area (Å²) < 4.78 is 0. The summed E-state index contributed by atoms with van der Waals surface area (Å²) >= 11 is 1.61. The molecule has 0 heterocycles. The topological polar surface area (TPSA) is 78.4 Å². The normalized spacial score (nSPS) is 12.1. The molecule has 1 aromatic carbocycles. The molecule has 0 radical (unpaired) electrons. The molecule has 110 valence electrons. The number of nitrogens with one attached hydrogen (secondary N) is 2. The van der Waals surface area contributed by atoms with Crippen molar-refractivity contribution in [2.75, 3.05) is 12.8 Å². The zero-order valence-electron chi connectivity index (χ0n) is 11.8. The van der Waals surface area contributed by atoms with Gasteiger partial charge in [0, 0.05) is 17.5 Å². The number of aliphatic hydroxyl groups excluding tert-OH is 1. The Bertz CT molecular complexity index is 460. The SMILES string of the molecule is CSc1ccc(C(O)CNC(=O)C(=O)NC(C)C)cc1. The van der Waals surface area contributed by atoms with Gasteiger partial charge in [0.15, 0.2) is 0 Å². The van der Waals surface area contributed by atoms with Gasteiger partial charge in [0.05, 0.1) is 6.10 Å². The molecule has 2 amide bonds. The van der Waals surface area contributed by atoms with Crippen LogP contribution in [0.15, 0.2) is 29.2 Å². The molecule has 0 aliphatic heterocycles. The van der Waals surface area contributed by atoms with Crippen molar-refractivity contribution >= 4 is 23.6 Å². The number of carbonyl (C=O) groups is 2. The fourth-order valence-electron chi connectivity index (χ4n) is 1.54. The van der Waals surface area contributed by atoms with Crippen LogP contribution in [0.4, 0.5) is 0 Å². The molecule has 1 unspecified atom stereocenters. The molecule has 0 fully saturated rings. The van der Waals surface area contributed by atoms with Crippen molar-refractivity contribution in [3.05, 3.63) is 29.8 Å². The third-order valence-corrected chi connectivity index (χ3v) is 3.33. The van der Waals surface area contributed by atoms with Crippen molar-refractivity contribution < 1.29 is 14.7 Å². The van der Waals surface area contributed by atoms with Gasteiger partial charge in [0.25, 0.3) is 0 Å². The first kappa shape index (κ1) is 16.5. The molecule has 0 saturated heterocycles. The highest BCUT2D eigenvalue weighted by molar-refractivity contribution is 7.98. The van der Waals surface area contributed by atoms with Gasteiger partial charge < -0.3 is 15.7 Å². The van der Waals surface area contributed by atoms with Crippen LogP contribution in [0, 0.1) is 0 Å². The summed E-state index contributed by atoms with van der Waals surface area (Å²) in [5, 5.41) is 14.8. The number of benzene rings is 1. The summed E-state index contributed by atoms with van der Waals surface area (Å²) in [5.74, 6) is -1.43. The molecule has 1 aromatic rings. The molecule has 3 N–H and O–H groups in total. The summed E-state index contributed by atoms with van der Waals surface area (Å²) in [5.41, 5.74) is 0.701. The monoisotopic (exact) mass is 296 g/mol. The van der Waals surface area contributed by atoms with Crippen LogP contribution < -0.4 is 10.6 Å². The smallest absolute Gasteiger partial charge is 0.309 e. The molecule has 1 atom stereocenters. The lowest BCUT2D eigenvalue weighted by atomic mass is 10.1. The first-order valence-corrected chi connectivity index (χ1v) is 7.57. The molecular formula is C14H20N2O3S. The Kier molecular flexibility index (Phi) is 6.54. The van der Waals surface area contributed by atoms with Crippen LogP contribution in [-0.4, -0.2) is 35.8 Å². The Labute approximate surface area is 123 Å². The maximum atomic E-state index is 11.5. The third kappa shape index (κ3) is 5.22. The van der Waals surface area contributed by atoms with Gasteiger partial charge in [-0.1, -0.05) is 12.1 Å². The average molecular weight is 296 g/mol. The highest BCUT2D eigenvalue weighted by atomic mass is 32.2. The van der Waals surface area contributed by atoms with E-state index in [1.54, 1.807) is 37.7 Å². The van der Waals surface area contributed by atoms with Crippen molar-refractivity contribution in [3.63, 3.8) is 0 Å². The van der Waals surface area contributed by atoms with E-state index in [1.165, 1.54) is 0 Å². The quantitative estimate of drug-likeness (QED) is 0.561. The zero-order chi connectivity index (χ0) is 15.1. The van der Waals surface area contributed by atoms with Crippen molar-refractivity contribution in [1.82, 2.24) is 10.6 Å². The van der Waals surface area contributed by atoms with E-state index in [9.17, 15) is 14.7 Å². The van der Waals surface area contributed by atoms with Crippen molar-refractivity contribution in [1.29, 1.82) is 0 Å². The van der Waals surface area contributed by atoms with Crippen LogP contribution in [0.5, 0.6) is 0 Å². The molecule has 0 bridgehead atoms. The van der Waals surface area contributed by atoms with Crippen LogP contribution in [-0.2, 0) is 9.59 Å². The number of thioether (sulfide) groups is 1.